The van der Waals surface area contributed by atoms with Crippen LogP contribution in [0.4, 0.5) is 0 Å². The average molecular weight is 1320 g/mol. The van der Waals surface area contributed by atoms with Gasteiger partial charge in [0.1, 0.15) is 0 Å². The summed E-state index contributed by atoms with van der Waals surface area (Å²) in [6.07, 6.45) is 96.4. The summed E-state index contributed by atoms with van der Waals surface area (Å²) in [6.45, 7) is 9.09. The van der Waals surface area contributed by atoms with Crippen molar-refractivity contribution in [2.75, 3.05) is 13.2 Å². The van der Waals surface area contributed by atoms with E-state index in [9.17, 15) is 25.9 Å². The molecule has 0 aliphatic heterocycles. The van der Waals surface area contributed by atoms with Gasteiger partial charge in [0.05, 0.1) is 13.2 Å². The smallest absolute Gasteiger partial charge is 0.726 e. The van der Waals surface area contributed by atoms with Crippen molar-refractivity contribution in [3.63, 3.8) is 0 Å². The zero-order valence-electron chi connectivity index (χ0n) is 60.3. The van der Waals surface area contributed by atoms with Gasteiger partial charge in [0.2, 0.25) is 20.8 Å². The number of rotatable bonds is 74. The van der Waals surface area contributed by atoms with Gasteiger partial charge in [0, 0.05) is 11.8 Å². The van der Waals surface area contributed by atoms with Crippen molar-refractivity contribution in [3.8, 4) is 0 Å². The predicted molar refractivity (Wildman–Crippen MR) is 390 cm³/mol. The first kappa shape index (κ1) is 93.7. The van der Waals surface area contributed by atoms with Gasteiger partial charge in [0.15, 0.2) is 0 Å². The van der Waals surface area contributed by atoms with Crippen molar-refractivity contribution >= 4 is 58.5 Å². The van der Waals surface area contributed by atoms with Crippen LogP contribution in [0.3, 0.4) is 0 Å². The molecule has 0 N–H and O–H groups in total. The Labute approximate surface area is 588 Å². The minimum atomic E-state index is -4.63. The fraction of sp³-hybridized carbons (Fsp3) is 0.949. The molecule has 0 spiro atoms. The molecule has 0 aromatic heterocycles. The third-order valence-corrected chi connectivity index (χ3v) is 19.3. The Bertz CT molecular complexity index is 1480. The topological polar surface area (TPSA) is 133 Å². The third kappa shape index (κ3) is 88.5. The Morgan fingerprint density at radius 1 is 0.247 bits per heavy atom. The fourth-order valence-electron chi connectivity index (χ4n) is 12.6. The third-order valence-electron chi connectivity index (χ3n) is 18.5. The molecule has 0 bridgehead atoms. The average Bonchev–Trinajstić information content (AvgIpc) is 3.50. The molecule has 0 heterocycles. The maximum atomic E-state index is 11.0. The number of allylic oxidation sites excluding steroid dienone is 2. The molecule has 0 saturated heterocycles. The van der Waals surface area contributed by atoms with E-state index in [0.29, 0.717) is 0 Å². The Morgan fingerprint density at radius 2 is 0.393 bits per heavy atom. The van der Waals surface area contributed by atoms with Gasteiger partial charge in [-0.1, -0.05) is 437 Å². The van der Waals surface area contributed by atoms with Crippen LogP contribution in [0.1, 0.15) is 451 Å². The van der Waals surface area contributed by atoms with Crippen molar-refractivity contribution in [1.29, 1.82) is 0 Å². The number of hydrogen-bond donors (Lipinski definition) is 0. The van der Waals surface area contributed by atoms with E-state index in [1.807, 2.05) is 0 Å². The van der Waals surface area contributed by atoms with Gasteiger partial charge < -0.3 is 9.11 Å². The Hall–Kier alpha value is 0.480. The molecule has 2 unspecified atom stereocenters. The monoisotopic (exact) mass is 1320 g/mol. The summed E-state index contributed by atoms with van der Waals surface area (Å²) in [5.41, 5.74) is 0. The van der Waals surface area contributed by atoms with Crippen LogP contribution in [0, 0.1) is 11.8 Å². The Kier molecular flexibility index (Phi) is 83.3. The second kappa shape index (κ2) is 79.2. The number of hydrogen-bond acceptors (Lipinski definition) is 8. The van der Waals surface area contributed by atoms with E-state index in [0.717, 1.165) is 38.5 Å². The zero-order chi connectivity index (χ0) is 64.5. The maximum Gasteiger partial charge on any atom is 2.00 e. The molecule has 0 aromatic carbocycles. The predicted octanol–water partition coefficient (Wildman–Crippen LogP) is 26.7. The van der Waals surface area contributed by atoms with E-state index in [1.165, 1.54) is 385 Å². The first-order valence-corrected chi connectivity index (χ1v) is 42.2. The molecule has 0 aromatic rings. The van der Waals surface area contributed by atoms with Crippen LogP contribution < -0.4 is 0 Å². The number of unbranched alkanes of at least 4 members (excludes halogenated alkanes) is 60. The van der Waals surface area contributed by atoms with E-state index < -0.39 is 20.8 Å². The molecule has 0 aliphatic rings. The van der Waals surface area contributed by atoms with Gasteiger partial charge in [-0.15, -0.1) is 0 Å². The van der Waals surface area contributed by atoms with Crippen molar-refractivity contribution in [2.45, 2.75) is 451 Å². The van der Waals surface area contributed by atoms with Gasteiger partial charge >= 0.3 is 37.7 Å². The van der Waals surface area contributed by atoms with E-state index in [2.05, 4.69) is 60.4 Å². The van der Waals surface area contributed by atoms with Gasteiger partial charge in [-0.3, -0.25) is 8.37 Å². The first-order valence-electron chi connectivity index (χ1n) is 39.5. The summed E-state index contributed by atoms with van der Waals surface area (Å²) < 4.78 is 75.2. The van der Waals surface area contributed by atoms with E-state index >= 15 is 0 Å². The molecule has 11 heteroatoms. The molecule has 0 fully saturated rings. The Balaban J connectivity index is -0.00000164. The van der Waals surface area contributed by atoms with Crippen LogP contribution in [0.15, 0.2) is 24.3 Å². The molecule has 0 rings (SSSR count). The minimum absolute atomic E-state index is 0. The van der Waals surface area contributed by atoms with E-state index in [4.69, 9.17) is 0 Å². The van der Waals surface area contributed by atoms with Crippen molar-refractivity contribution in [3.05, 3.63) is 24.3 Å². The second-order valence-electron chi connectivity index (χ2n) is 27.4. The van der Waals surface area contributed by atoms with Crippen molar-refractivity contribution in [1.82, 2.24) is 0 Å². The maximum absolute atomic E-state index is 11.0. The molecular formula is C78H154CaO8S2. The summed E-state index contributed by atoms with van der Waals surface area (Å²) in [4.78, 5) is 0. The van der Waals surface area contributed by atoms with Crippen molar-refractivity contribution in [2.24, 2.45) is 11.8 Å². The van der Waals surface area contributed by atoms with Crippen LogP contribution in [0.2, 0.25) is 0 Å². The summed E-state index contributed by atoms with van der Waals surface area (Å²) in [6, 6.07) is 0. The summed E-state index contributed by atoms with van der Waals surface area (Å²) in [7, 11) is -9.25. The molecule has 2 atom stereocenters. The standard InChI is InChI=1S/2C39H78O4S.Ca/c2*1-3-5-7-9-11-13-15-17-19-21-23-25-27-29-31-33-35-37-39(38-43-44(40,41)42)36-34-32-30-28-26-24-22-20-18-16-14-12-10-8-6-4-2;/h2*35,37,39H,3-34,36,38H2,1-2H3,(H,40,41,42);/q;;+2/p-2/b2*37-35+;. The molecule has 0 saturated carbocycles. The minimum Gasteiger partial charge on any atom is -0.726 e. The first-order chi connectivity index (χ1) is 43.0. The normalized spacial score (nSPS) is 12.7. The Morgan fingerprint density at radius 3 is 0.551 bits per heavy atom. The molecule has 0 aliphatic carbocycles. The van der Waals surface area contributed by atoms with Gasteiger partial charge in [-0.25, -0.2) is 16.8 Å². The summed E-state index contributed by atoms with van der Waals surface area (Å²) in [5.74, 6) is 0.0309. The van der Waals surface area contributed by atoms with Crippen molar-refractivity contribution < 1.29 is 34.3 Å². The second-order valence-corrected chi connectivity index (χ2v) is 29.5. The molecule has 8 nitrogen and oxygen atoms in total. The molecule has 89 heavy (non-hydrogen) atoms. The quantitative estimate of drug-likeness (QED) is 0.0193. The van der Waals surface area contributed by atoms with Gasteiger partial charge in [0.25, 0.3) is 0 Å². The fourth-order valence-corrected chi connectivity index (χ4v) is 13.2. The molecule has 528 valence electrons. The van der Waals surface area contributed by atoms with E-state index in [1.54, 1.807) is 0 Å². The molecule has 0 radical (unpaired) electrons. The van der Waals surface area contributed by atoms with Gasteiger partial charge in [-0.2, -0.15) is 0 Å². The molecular weight excluding hydrogens is 1170 g/mol. The van der Waals surface area contributed by atoms with Crippen LogP contribution in [-0.4, -0.2) is 76.9 Å². The largest absolute Gasteiger partial charge is 2.00 e. The zero-order valence-corrected chi connectivity index (χ0v) is 64.2. The van der Waals surface area contributed by atoms with Gasteiger partial charge in [-0.05, 0) is 38.5 Å². The summed E-state index contributed by atoms with van der Waals surface area (Å²) in [5, 5.41) is 0. The summed E-state index contributed by atoms with van der Waals surface area (Å²) >= 11 is 0. The van der Waals surface area contributed by atoms with Crippen LogP contribution in [-0.2, 0) is 29.2 Å². The SMILES string of the molecule is CCCCCCCCCCCCCCCCC/C=C/C(CCCCCCCCCCCCCCCCCC)COS(=O)(=O)[O-].CCCCCCCCCCCCCCCCC/C=C/C(CCCCCCCCCCCCCCCCCC)COS(=O)(=O)[O-].[Ca+2]. The van der Waals surface area contributed by atoms with E-state index in [-0.39, 0.29) is 62.8 Å². The van der Waals surface area contributed by atoms with Crippen LogP contribution >= 0.6 is 0 Å². The van der Waals surface area contributed by atoms with Crippen LogP contribution in [0.5, 0.6) is 0 Å². The molecule has 0 amide bonds. The van der Waals surface area contributed by atoms with Crippen LogP contribution in [0.25, 0.3) is 0 Å².